The van der Waals surface area contributed by atoms with E-state index in [1.54, 1.807) is 0 Å². The molecule has 0 aliphatic carbocycles. The Morgan fingerprint density at radius 2 is 2.33 bits per heavy atom. The van der Waals surface area contributed by atoms with Crippen molar-refractivity contribution in [1.82, 2.24) is 9.88 Å². The van der Waals surface area contributed by atoms with E-state index >= 15 is 0 Å². The SMILES string of the molecule is CC1CN(C(c2ccccn2)C(C)N)CCCO1. The summed E-state index contributed by atoms with van der Waals surface area (Å²) in [6.45, 7) is 6.95. The zero-order valence-corrected chi connectivity index (χ0v) is 11.2. The van der Waals surface area contributed by atoms with E-state index in [4.69, 9.17) is 10.5 Å². The lowest BCUT2D eigenvalue weighted by atomic mass is 10.0. The van der Waals surface area contributed by atoms with Crippen molar-refractivity contribution >= 4 is 0 Å². The molecular weight excluding hydrogens is 226 g/mol. The summed E-state index contributed by atoms with van der Waals surface area (Å²) in [5, 5.41) is 0. The Balaban J connectivity index is 2.19. The zero-order valence-electron chi connectivity index (χ0n) is 11.2. The monoisotopic (exact) mass is 249 g/mol. The second kappa shape index (κ2) is 6.27. The van der Waals surface area contributed by atoms with E-state index < -0.39 is 0 Å². The van der Waals surface area contributed by atoms with E-state index in [2.05, 4.69) is 29.8 Å². The number of nitrogens with two attached hydrogens (primary N) is 1. The molecule has 2 heterocycles. The molecule has 1 saturated heterocycles. The van der Waals surface area contributed by atoms with Gasteiger partial charge in [-0.3, -0.25) is 9.88 Å². The topological polar surface area (TPSA) is 51.4 Å². The van der Waals surface area contributed by atoms with Gasteiger partial charge in [-0.2, -0.15) is 0 Å². The molecule has 0 bridgehead atoms. The molecule has 4 heteroatoms. The quantitative estimate of drug-likeness (QED) is 0.883. The molecule has 4 nitrogen and oxygen atoms in total. The molecule has 0 spiro atoms. The van der Waals surface area contributed by atoms with Crippen LogP contribution in [0.4, 0.5) is 0 Å². The Labute approximate surface area is 109 Å². The van der Waals surface area contributed by atoms with Crippen LogP contribution in [-0.2, 0) is 4.74 Å². The first-order valence-corrected chi connectivity index (χ1v) is 6.70. The van der Waals surface area contributed by atoms with Crippen LogP contribution in [0.2, 0.25) is 0 Å². The smallest absolute Gasteiger partial charge is 0.0674 e. The van der Waals surface area contributed by atoms with Gasteiger partial charge in [0.1, 0.15) is 0 Å². The minimum atomic E-state index is 0.0604. The number of hydrogen-bond donors (Lipinski definition) is 1. The van der Waals surface area contributed by atoms with Gasteiger partial charge in [0.2, 0.25) is 0 Å². The number of rotatable bonds is 3. The second-order valence-corrected chi connectivity index (χ2v) is 5.09. The molecule has 3 unspecified atom stereocenters. The highest BCUT2D eigenvalue weighted by molar-refractivity contribution is 5.11. The summed E-state index contributed by atoms with van der Waals surface area (Å²) in [5.74, 6) is 0. The molecule has 0 radical (unpaired) electrons. The molecule has 18 heavy (non-hydrogen) atoms. The van der Waals surface area contributed by atoms with Crippen LogP contribution >= 0.6 is 0 Å². The number of pyridine rings is 1. The van der Waals surface area contributed by atoms with Gasteiger partial charge in [-0.1, -0.05) is 6.07 Å². The number of hydrogen-bond acceptors (Lipinski definition) is 4. The van der Waals surface area contributed by atoms with Crippen LogP contribution in [0.25, 0.3) is 0 Å². The molecule has 1 fully saturated rings. The molecule has 0 amide bonds. The van der Waals surface area contributed by atoms with Gasteiger partial charge < -0.3 is 10.5 Å². The van der Waals surface area contributed by atoms with Crippen LogP contribution in [-0.4, -0.2) is 41.7 Å². The van der Waals surface area contributed by atoms with Gasteiger partial charge in [-0.15, -0.1) is 0 Å². The highest BCUT2D eigenvalue weighted by atomic mass is 16.5. The van der Waals surface area contributed by atoms with Gasteiger partial charge in [-0.05, 0) is 32.4 Å². The van der Waals surface area contributed by atoms with E-state index in [9.17, 15) is 0 Å². The molecule has 1 aliphatic heterocycles. The van der Waals surface area contributed by atoms with Crippen molar-refractivity contribution in [3.63, 3.8) is 0 Å². The van der Waals surface area contributed by atoms with Gasteiger partial charge in [0.05, 0.1) is 17.8 Å². The predicted molar refractivity (Wildman–Crippen MR) is 72.2 cm³/mol. The van der Waals surface area contributed by atoms with Crippen molar-refractivity contribution in [2.45, 2.75) is 38.5 Å². The average Bonchev–Trinajstić information content (AvgIpc) is 2.55. The minimum Gasteiger partial charge on any atom is -0.377 e. The fourth-order valence-corrected chi connectivity index (χ4v) is 2.62. The zero-order chi connectivity index (χ0) is 13.0. The lowest BCUT2D eigenvalue weighted by Crippen LogP contribution is -2.42. The molecule has 2 N–H and O–H groups in total. The molecular formula is C14H23N3O. The fourth-order valence-electron chi connectivity index (χ4n) is 2.62. The molecule has 0 saturated carbocycles. The van der Waals surface area contributed by atoms with Crippen molar-refractivity contribution in [2.75, 3.05) is 19.7 Å². The summed E-state index contributed by atoms with van der Waals surface area (Å²) in [4.78, 5) is 6.88. The Hall–Kier alpha value is -0.970. The Morgan fingerprint density at radius 3 is 3.00 bits per heavy atom. The molecule has 1 aromatic heterocycles. The van der Waals surface area contributed by atoms with Crippen molar-refractivity contribution in [2.24, 2.45) is 5.73 Å². The minimum absolute atomic E-state index is 0.0604. The maximum atomic E-state index is 6.17. The Kier molecular flexibility index (Phi) is 4.69. The average molecular weight is 249 g/mol. The Bertz CT molecular complexity index is 355. The molecule has 100 valence electrons. The van der Waals surface area contributed by atoms with Crippen molar-refractivity contribution < 1.29 is 4.74 Å². The molecule has 1 aromatic rings. The normalized spacial score (nSPS) is 25.4. The highest BCUT2D eigenvalue weighted by Crippen LogP contribution is 2.23. The van der Waals surface area contributed by atoms with Gasteiger partial charge >= 0.3 is 0 Å². The van der Waals surface area contributed by atoms with Crippen molar-refractivity contribution in [3.05, 3.63) is 30.1 Å². The van der Waals surface area contributed by atoms with Gasteiger partial charge in [-0.25, -0.2) is 0 Å². The largest absolute Gasteiger partial charge is 0.377 e. The lowest BCUT2D eigenvalue weighted by molar-refractivity contribution is 0.0579. The molecule has 3 atom stereocenters. The van der Waals surface area contributed by atoms with E-state index in [0.29, 0.717) is 0 Å². The third-order valence-corrected chi connectivity index (χ3v) is 3.37. The maximum Gasteiger partial charge on any atom is 0.0674 e. The van der Waals surface area contributed by atoms with Crippen LogP contribution in [0.5, 0.6) is 0 Å². The van der Waals surface area contributed by atoms with E-state index in [0.717, 1.165) is 31.8 Å². The van der Waals surface area contributed by atoms with Crippen LogP contribution < -0.4 is 5.73 Å². The lowest BCUT2D eigenvalue weighted by Gasteiger charge is -2.33. The molecule has 1 aliphatic rings. The van der Waals surface area contributed by atoms with Crippen LogP contribution in [0.15, 0.2) is 24.4 Å². The van der Waals surface area contributed by atoms with Crippen LogP contribution in [0.1, 0.15) is 32.0 Å². The Morgan fingerprint density at radius 1 is 1.50 bits per heavy atom. The summed E-state index contributed by atoms with van der Waals surface area (Å²) in [6.07, 6.45) is 3.15. The van der Waals surface area contributed by atoms with E-state index in [-0.39, 0.29) is 18.2 Å². The van der Waals surface area contributed by atoms with Crippen LogP contribution in [0.3, 0.4) is 0 Å². The number of nitrogens with zero attached hydrogens (tertiary/aromatic N) is 2. The first kappa shape index (κ1) is 13.5. The summed E-state index contributed by atoms with van der Waals surface area (Å²) in [6, 6.07) is 6.26. The van der Waals surface area contributed by atoms with Gasteiger partial charge in [0.25, 0.3) is 0 Å². The summed E-state index contributed by atoms with van der Waals surface area (Å²) < 4.78 is 5.70. The third kappa shape index (κ3) is 3.28. The first-order valence-electron chi connectivity index (χ1n) is 6.70. The van der Waals surface area contributed by atoms with E-state index in [1.807, 2.05) is 18.3 Å². The molecule has 2 rings (SSSR count). The predicted octanol–water partition coefficient (Wildman–Crippen LogP) is 1.58. The fraction of sp³-hybridized carbons (Fsp3) is 0.643. The number of aromatic nitrogens is 1. The maximum absolute atomic E-state index is 6.17. The summed E-state index contributed by atoms with van der Waals surface area (Å²) in [5.41, 5.74) is 7.23. The van der Waals surface area contributed by atoms with E-state index in [1.165, 1.54) is 0 Å². The summed E-state index contributed by atoms with van der Waals surface area (Å²) >= 11 is 0. The standard InChI is InChI=1S/C14H23N3O/c1-11-10-17(8-5-9-18-11)14(12(2)15)13-6-3-4-7-16-13/h3-4,6-7,11-12,14H,5,8-10,15H2,1-2H3. The van der Waals surface area contributed by atoms with Crippen molar-refractivity contribution in [3.8, 4) is 0 Å². The van der Waals surface area contributed by atoms with Gasteiger partial charge in [0, 0.05) is 31.9 Å². The van der Waals surface area contributed by atoms with Gasteiger partial charge in [0.15, 0.2) is 0 Å². The third-order valence-electron chi connectivity index (χ3n) is 3.37. The first-order chi connectivity index (χ1) is 8.68. The highest BCUT2D eigenvalue weighted by Gasteiger charge is 2.27. The molecule has 0 aromatic carbocycles. The summed E-state index contributed by atoms with van der Waals surface area (Å²) in [7, 11) is 0. The van der Waals surface area contributed by atoms with Crippen LogP contribution in [0, 0.1) is 0 Å². The van der Waals surface area contributed by atoms with Crippen molar-refractivity contribution in [1.29, 1.82) is 0 Å². The second-order valence-electron chi connectivity index (χ2n) is 5.09. The number of ether oxygens (including phenoxy) is 1.